The molecule has 1 aromatic rings. The third-order valence-corrected chi connectivity index (χ3v) is 6.28. The van der Waals surface area contributed by atoms with E-state index in [2.05, 4.69) is 10.6 Å². The molecule has 2 heterocycles. The summed E-state index contributed by atoms with van der Waals surface area (Å²) in [5.74, 6) is 0.227. The van der Waals surface area contributed by atoms with Crippen molar-refractivity contribution in [1.29, 1.82) is 0 Å². The van der Waals surface area contributed by atoms with Crippen molar-refractivity contribution < 1.29 is 22.7 Å². The predicted octanol–water partition coefficient (Wildman–Crippen LogP) is 0.448. The van der Waals surface area contributed by atoms with Crippen molar-refractivity contribution >= 4 is 22.0 Å². The molecule has 3 amide bonds. The lowest BCUT2D eigenvalue weighted by Crippen LogP contribution is -2.55. The normalized spacial score (nSPS) is 20.7. The number of carbonyl (C=O) groups is 2. The standard InChI is InChI=1S/C15H19N3O5S/c1-2-23-11-3-5-12(6-4-11)24(21,22)18-9-7-15(8-10-18)13(19)16-14(20)17-15/h3-6H,2,7-10H2,1H3,(H2,16,17,19,20). The van der Waals surface area contributed by atoms with Crippen LogP contribution >= 0.6 is 0 Å². The van der Waals surface area contributed by atoms with Crippen LogP contribution in [-0.2, 0) is 14.8 Å². The molecule has 0 saturated carbocycles. The zero-order valence-corrected chi connectivity index (χ0v) is 14.1. The minimum Gasteiger partial charge on any atom is -0.494 e. The van der Waals surface area contributed by atoms with Crippen LogP contribution in [0.2, 0.25) is 0 Å². The molecule has 1 aromatic carbocycles. The van der Waals surface area contributed by atoms with E-state index in [1.54, 1.807) is 12.1 Å². The number of nitrogens with zero attached hydrogens (tertiary/aromatic N) is 1. The third kappa shape index (κ3) is 2.84. The van der Waals surface area contributed by atoms with Crippen molar-refractivity contribution in [2.75, 3.05) is 19.7 Å². The van der Waals surface area contributed by atoms with Crippen molar-refractivity contribution in [2.24, 2.45) is 0 Å². The number of hydrogen-bond acceptors (Lipinski definition) is 5. The summed E-state index contributed by atoms with van der Waals surface area (Å²) in [6, 6.07) is 5.73. The van der Waals surface area contributed by atoms with Gasteiger partial charge < -0.3 is 10.1 Å². The molecular weight excluding hydrogens is 334 g/mol. The van der Waals surface area contributed by atoms with E-state index in [4.69, 9.17) is 4.74 Å². The van der Waals surface area contributed by atoms with Gasteiger partial charge in [-0.2, -0.15) is 4.31 Å². The topological polar surface area (TPSA) is 105 Å². The smallest absolute Gasteiger partial charge is 0.322 e. The molecule has 2 aliphatic rings. The lowest BCUT2D eigenvalue weighted by molar-refractivity contribution is -0.125. The summed E-state index contributed by atoms with van der Waals surface area (Å²) in [7, 11) is -3.64. The van der Waals surface area contributed by atoms with Gasteiger partial charge >= 0.3 is 6.03 Å². The average Bonchev–Trinajstić information content (AvgIpc) is 2.82. The van der Waals surface area contributed by atoms with Gasteiger partial charge in [-0.15, -0.1) is 0 Å². The third-order valence-electron chi connectivity index (χ3n) is 4.36. The molecule has 1 spiro atoms. The molecule has 9 heteroatoms. The summed E-state index contributed by atoms with van der Waals surface area (Å²) in [6.07, 6.45) is 0.502. The highest BCUT2D eigenvalue weighted by molar-refractivity contribution is 7.89. The monoisotopic (exact) mass is 353 g/mol. The summed E-state index contributed by atoms with van der Waals surface area (Å²) in [5, 5.41) is 4.82. The van der Waals surface area contributed by atoms with Crippen molar-refractivity contribution in [3.8, 4) is 5.75 Å². The maximum Gasteiger partial charge on any atom is 0.322 e. The second-order valence-corrected chi connectivity index (χ2v) is 7.74. The Hall–Kier alpha value is -2.13. The molecule has 3 rings (SSSR count). The first kappa shape index (κ1) is 16.7. The Labute approximate surface area is 140 Å². The first-order chi connectivity index (χ1) is 11.4. The lowest BCUT2D eigenvalue weighted by atomic mass is 9.89. The van der Waals surface area contributed by atoms with Gasteiger partial charge in [0, 0.05) is 13.1 Å². The number of hydrogen-bond donors (Lipinski definition) is 2. The molecule has 0 bridgehead atoms. The van der Waals surface area contributed by atoms with Crippen LogP contribution in [0.25, 0.3) is 0 Å². The van der Waals surface area contributed by atoms with E-state index in [0.29, 0.717) is 12.4 Å². The van der Waals surface area contributed by atoms with Gasteiger partial charge in [0.15, 0.2) is 0 Å². The first-order valence-corrected chi connectivity index (χ1v) is 9.18. The lowest BCUT2D eigenvalue weighted by Gasteiger charge is -2.36. The van der Waals surface area contributed by atoms with Gasteiger partial charge in [0.1, 0.15) is 11.3 Å². The van der Waals surface area contributed by atoms with Crippen LogP contribution < -0.4 is 15.4 Å². The fourth-order valence-corrected chi connectivity index (χ4v) is 4.45. The van der Waals surface area contributed by atoms with E-state index in [-0.39, 0.29) is 36.7 Å². The van der Waals surface area contributed by atoms with Gasteiger partial charge in [0.05, 0.1) is 11.5 Å². The number of rotatable bonds is 4. The zero-order chi connectivity index (χ0) is 17.4. The predicted molar refractivity (Wildman–Crippen MR) is 85.0 cm³/mol. The van der Waals surface area contributed by atoms with E-state index in [0.717, 1.165) is 0 Å². The number of carbonyl (C=O) groups excluding carboxylic acids is 2. The summed E-state index contributed by atoms with van der Waals surface area (Å²) in [6.45, 7) is 2.70. The molecule has 0 aromatic heterocycles. The fourth-order valence-electron chi connectivity index (χ4n) is 3.01. The molecule has 130 valence electrons. The van der Waals surface area contributed by atoms with Crippen molar-refractivity contribution in [1.82, 2.24) is 14.9 Å². The van der Waals surface area contributed by atoms with E-state index >= 15 is 0 Å². The summed E-state index contributed by atoms with van der Waals surface area (Å²) < 4.78 is 32.1. The van der Waals surface area contributed by atoms with Crippen LogP contribution in [0.4, 0.5) is 4.79 Å². The maximum atomic E-state index is 12.7. The molecule has 2 N–H and O–H groups in total. The maximum absolute atomic E-state index is 12.7. The number of sulfonamides is 1. The number of benzene rings is 1. The second kappa shape index (κ2) is 6.06. The van der Waals surface area contributed by atoms with Gasteiger partial charge in [-0.25, -0.2) is 13.2 Å². The Kier molecular flexibility index (Phi) is 4.22. The molecule has 0 unspecified atom stereocenters. The Bertz CT molecular complexity index is 752. The summed E-state index contributed by atoms with van der Waals surface area (Å²) in [4.78, 5) is 23.4. The van der Waals surface area contributed by atoms with Gasteiger partial charge in [-0.3, -0.25) is 10.1 Å². The molecule has 0 atom stereocenters. The molecule has 8 nitrogen and oxygen atoms in total. The van der Waals surface area contributed by atoms with Crippen LogP contribution in [0.15, 0.2) is 29.2 Å². The van der Waals surface area contributed by atoms with Crippen molar-refractivity contribution in [3.63, 3.8) is 0 Å². The number of nitrogens with one attached hydrogen (secondary N) is 2. The van der Waals surface area contributed by atoms with E-state index in [9.17, 15) is 18.0 Å². The fraction of sp³-hybridized carbons (Fsp3) is 0.467. The Morgan fingerprint density at radius 3 is 2.29 bits per heavy atom. The van der Waals surface area contributed by atoms with Gasteiger partial charge in [-0.05, 0) is 44.0 Å². The SMILES string of the molecule is CCOc1ccc(S(=O)(=O)N2CCC3(CC2)NC(=O)NC3=O)cc1. The van der Waals surface area contributed by atoms with E-state index in [1.807, 2.05) is 6.92 Å². The van der Waals surface area contributed by atoms with E-state index in [1.165, 1.54) is 16.4 Å². The molecule has 0 radical (unpaired) electrons. The van der Waals surface area contributed by atoms with Gasteiger partial charge in [-0.1, -0.05) is 0 Å². The first-order valence-electron chi connectivity index (χ1n) is 7.74. The van der Waals surface area contributed by atoms with Crippen LogP contribution in [0, 0.1) is 0 Å². The minimum atomic E-state index is -3.64. The van der Waals surface area contributed by atoms with Crippen LogP contribution in [0.5, 0.6) is 5.75 Å². The average molecular weight is 353 g/mol. The quantitative estimate of drug-likeness (QED) is 0.765. The molecular formula is C15H19N3O5S. The molecule has 24 heavy (non-hydrogen) atoms. The van der Waals surface area contributed by atoms with Crippen LogP contribution in [-0.4, -0.2) is 49.9 Å². The Morgan fingerprint density at radius 1 is 1.17 bits per heavy atom. The Balaban J connectivity index is 1.73. The highest BCUT2D eigenvalue weighted by Gasteiger charge is 2.49. The van der Waals surface area contributed by atoms with Crippen molar-refractivity contribution in [3.05, 3.63) is 24.3 Å². The molecule has 2 saturated heterocycles. The molecule has 2 aliphatic heterocycles. The molecule has 0 aliphatic carbocycles. The molecule has 2 fully saturated rings. The van der Waals surface area contributed by atoms with Crippen LogP contribution in [0.3, 0.4) is 0 Å². The van der Waals surface area contributed by atoms with Crippen molar-refractivity contribution in [2.45, 2.75) is 30.2 Å². The number of urea groups is 1. The number of amides is 3. The highest BCUT2D eigenvalue weighted by atomic mass is 32.2. The number of imide groups is 1. The summed E-state index contributed by atoms with van der Waals surface area (Å²) in [5.41, 5.74) is -0.984. The minimum absolute atomic E-state index is 0.170. The second-order valence-electron chi connectivity index (χ2n) is 5.80. The highest BCUT2D eigenvalue weighted by Crippen LogP contribution is 2.29. The van der Waals surface area contributed by atoms with Gasteiger partial charge in [0.2, 0.25) is 10.0 Å². The number of piperidine rings is 1. The summed E-state index contributed by atoms with van der Waals surface area (Å²) >= 11 is 0. The zero-order valence-electron chi connectivity index (χ0n) is 13.2. The number of ether oxygens (including phenoxy) is 1. The van der Waals surface area contributed by atoms with Crippen LogP contribution in [0.1, 0.15) is 19.8 Å². The Morgan fingerprint density at radius 2 is 1.79 bits per heavy atom. The van der Waals surface area contributed by atoms with Gasteiger partial charge in [0.25, 0.3) is 5.91 Å². The van der Waals surface area contributed by atoms with E-state index < -0.39 is 21.6 Å². The largest absolute Gasteiger partial charge is 0.494 e.